The average molecular weight is 331 g/mol. The van der Waals surface area contributed by atoms with E-state index in [2.05, 4.69) is 36.5 Å². The molecular weight excluding hydrogens is 309 g/mol. The van der Waals surface area contributed by atoms with E-state index in [1.807, 2.05) is 0 Å². The summed E-state index contributed by atoms with van der Waals surface area (Å²) in [6.07, 6.45) is 1.71. The van der Waals surface area contributed by atoms with Crippen LogP contribution in [0.5, 0.6) is 0 Å². The van der Waals surface area contributed by atoms with Gasteiger partial charge in [-0.1, -0.05) is 42.0 Å². The minimum absolute atomic E-state index is 0.0706. The maximum Gasteiger partial charge on any atom is 0.230 e. The molecule has 2 aromatic carbocycles. The number of nitrogens with one attached hydrogen (secondary N) is 1. The van der Waals surface area contributed by atoms with Crippen molar-refractivity contribution in [3.05, 3.63) is 71.0 Å². The van der Waals surface area contributed by atoms with Gasteiger partial charge in [0.05, 0.1) is 5.75 Å². The molecule has 0 unspecified atom stereocenters. The number of hydrogen-bond acceptors (Lipinski definition) is 2. The molecule has 0 radical (unpaired) electrons. The van der Waals surface area contributed by atoms with Crippen molar-refractivity contribution in [2.24, 2.45) is 0 Å². The van der Waals surface area contributed by atoms with E-state index >= 15 is 0 Å². The molecule has 0 saturated heterocycles. The molecule has 0 bridgehead atoms. The van der Waals surface area contributed by atoms with Crippen LogP contribution < -0.4 is 5.32 Å². The molecule has 1 N–H and O–H groups in total. The van der Waals surface area contributed by atoms with Crippen LogP contribution in [-0.2, 0) is 17.0 Å². The van der Waals surface area contributed by atoms with E-state index in [-0.39, 0.29) is 11.7 Å². The van der Waals surface area contributed by atoms with Crippen molar-refractivity contribution in [1.82, 2.24) is 5.32 Å². The first-order chi connectivity index (χ1) is 11.1. The standard InChI is InChI=1S/C19H22FNOS/c1-15-4-6-17(7-5-15)13-23-14-19(22)21-12-2-3-16-8-10-18(20)11-9-16/h4-11H,2-3,12-14H2,1H3,(H,21,22). The van der Waals surface area contributed by atoms with E-state index < -0.39 is 0 Å². The Bertz CT molecular complexity index is 610. The number of rotatable bonds is 8. The van der Waals surface area contributed by atoms with Crippen molar-refractivity contribution in [2.75, 3.05) is 12.3 Å². The van der Waals surface area contributed by atoms with Crippen LogP contribution in [0, 0.1) is 12.7 Å². The highest BCUT2D eigenvalue weighted by Crippen LogP contribution is 2.12. The molecule has 0 fully saturated rings. The lowest BCUT2D eigenvalue weighted by molar-refractivity contribution is -0.118. The number of benzene rings is 2. The fourth-order valence-corrected chi connectivity index (χ4v) is 2.99. The van der Waals surface area contributed by atoms with E-state index in [4.69, 9.17) is 0 Å². The van der Waals surface area contributed by atoms with Crippen molar-refractivity contribution < 1.29 is 9.18 Å². The Hall–Kier alpha value is -1.81. The number of thioether (sulfide) groups is 1. The van der Waals surface area contributed by atoms with Crippen LogP contribution in [0.15, 0.2) is 48.5 Å². The zero-order chi connectivity index (χ0) is 16.5. The third-order valence-corrected chi connectivity index (χ3v) is 4.50. The fraction of sp³-hybridized carbons (Fsp3) is 0.316. The highest BCUT2D eigenvalue weighted by molar-refractivity contribution is 7.99. The molecule has 0 heterocycles. The summed E-state index contributed by atoms with van der Waals surface area (Å²) < 4.78 is 12.8. The van der Waals surface area contributed by atoms with Crippen LogP contribution in [-0.4, -0.2) is 18.2 Å². The largest absolute Gasteiger partial charge is 0.355 e. The molecule has 0 atom stereocenters. The van der Waals surface area contributed by atoms with E-state index in [1.54, 1.807) is 23.9 Å². The summed E-state index contributed by atoms with van der Waals surface area (Å²) in [6.45, 7) is 2.72. The second-order valence-corrected chi connectivity index (χ2v) is 6.54. The van der Waals surface area contributed by atoms with Gasteiger partial charge in [-0.2, -0.15) is 0 Å². The van der Waals surface area contributed by atoms with Crippen LogP contribution in [0.25, 0.3) is 0 Å². The summed E-state index contributed by atoms with van der Waals surface area (Å²) in [4.78, 5) is 11.8. The van der Waals surface area contributed by atoms with Gasteiger partial charge in [-0.05, 0) is 43.0 Å². The van der Waals surface area contributed by atoms with Crippen molar-refractivity contribution in [3.8, 4) is 0 Å². The lowest BCUT2D eigenvalue weighted by atomic mass is 10.1. The van der Waals surface area contributed by atoms with Gasteiger partial charge < -0.3 is 5.32 Å². The number of carbonyl (C=O) groups excluding carboxylic acids is 1. The normalized spacial score (nSPS) is 10.5. The van der Waals surface area contributed by atoms with E-state index in [0.29, 0.717) is 12.3 Å². The monoisotopic (exact) mass is 331 g/mol. The molecule has 1 amide bonds. The third-order valence-electron chi connectivity index (χ3n) is 3.50. The SMILES string of the molecule is Cc1ccc(CSCC(=O)NCCCc2ccc(F)cc2)cc1. The van der Waals surface area contributed by atoms with Crippen LogP contribution >= 0.6 is 11.8 Å². The number of hydrogen-bond donors (Lipinski definition) is 1. The van der Waals surface area contributed by atoms with Gasteiger partial charge in [0.1, 0.15) is 5.82 Å². The number of carbonyl (C=O) groups is 1. The predicted molar refractivity (Wildman–Crippen MR) is 95.1 cm³/mol. The van der Waals surface area contributed by atoms with Crippen molar-refractivity contribution >= 4 is 17.7 Å². The first kappa shape index (κ1) is 17.5. The molecule has 4 heteroatoms. The molecule has 23 heavy (non-hydrogen) atoms. The van der Waals surface area contributed by atoms with Gasteiger partial charge in [0.2, 0.25) is 5.91 Å². The first-order valence-corrected chi connectivity index (χ1v) is 8.93. The third kappa shape index (κ3) is 6.87. The Balaban J connectivity index is 1.56. The molecule has 0 saturated carbocycles. The van der Waals surface area contributed by atoms with Crippen LogP contribution in [0.4, 0.5) is 4.39 Å². The molecule has 2 rings (SSSR count). The molecular formula is C19H22FNOS. The summed E-state index contributed by atoms with van der Waals surface area (Å²) >= 11 is 1.62. The van der Waals surface area contributed by atoms with Gasteiger partial charge in [0.25, 0.3) is 0 Å². The Kier molecular flexibility index (Phi) is 7.14. The highest BCUT2D eigenvalue weighted by Gasteiger charge is 2.02. The molecule has 0 aliphatic carbocycles. The van der Waals surface area contributed by atoms with Gasteiger partial charge in [0.15, 0.2) is 0 Å². The van der Waals surface area contributed by atoms with E-state index in [1.165, 1.54) is 23.3 Å². The summed E-state index contributed by atoms with van der Waals surface area (Å²) in [6, 6.07) is 14.9. The van der Waals surface area contributed by atoms with Gasteiger partial charge >= 0.3 is 0 Å². The fourth-order valence-electron chi connectivity index (χ4n) is 2.17. The topological polar surface area (TPSA) is 29.1 Å². The molecule has 0 aromatic heterocycles. The summed E-state index contributed by atoms with van der Waals surface area (Å²) in [5.41, 5.74) is 3.58. The molecule has 122 valence electrons. The predicted octanol–water partition coefficient (Wildman–Crippen LogP) is 4.12. The quantitative estimate of drug-likeness (QED) is 0.737. The summed E-state index contributed by atoms with van der Waals surface area (Å²) in [5.74, 6) is 1.18. The van der Waals surface area contributed by atoms with Gasteiger partial charge in [-0.3, -0.25) is 4.79 Å². The Morgan fingerprint density at radius 2 is 1.70 bits per heavy atom. The molecule has 2 aromatic rings. The number of amides is 1. The minimum Gasteiger partial charge on any atom is -0.355 e. The van der Waals surface area contributed by atoms with Gasteiger partial charge in [0, 0.05) is 12.3 Å². The molecule has 2 nitrogen and oxygen atoms in total. The van der Waals surface area contributed by atoms with Crippen LogP contribution in [0.3, 0.4) is 0 Å². The zero-order valence-electron chi connectivity index (χ0n) is 13.3. The lowest BCUT2D eigenvalue weighted by Crippen LogP contribution is -2.26. The van der Waals surface area contributed by atoms with Crippen molar-refractivity contribution in [3.63, 3.8) is 0 Å². The minimum atomic E-state index is -0.215. The highest BCUT2D eigenvalue weighted by atomic mass is 32.2. The van der Waals surface area contributed by atoms with Crippen LogP contribution in [0.1, 0.15) is 23.1 Å². The van der Waals surface area contributed by atoms with Crippen molar-refractivity contribution in [2.45, 2.75) is 25.5 Å². The van der Waals surface area contributed by atoms with Gasteiger partial charge in [-0.15, -0.1) is 11.8 Å². The van der Waals surface area contributed by atoms with E-state index in [0.717, 1.165) is 24.2 Å². The molecule has 0 aliphatic rings. The molecule has 0 aliphatic heterocycles. The summed E-state index contributed by atoms with van der Waals surface area (Å²) in [5, 5.41) is 2.93. The molecule has 0 spiro atoms. The maximum atomic E-state index is 12.8. The second kappa shape index (κ2) is 9.36. The lowest BCUT2D eigenvalue weighted by Gasteiger charge is -2.06. The van der Waals surface area contributed by atoms with Gasteiger partial charge in [-0.25, -0.2) is 4.39 Å². The maximum absolute atomic E-state index is 12.8. The number of halogens is 1. The van der Waals surface area contributed by atoms with E-state index in [9.17, 15) is 9.18 Å². The zero-order valence-corrected chi connectivity index (χ0v) is 14.2. The van der Waals surface area contributed by atoms with Crippen LogP contribution in [0.2, 0.25) is 0 Å². The Morgan fingerprint density at radius 3 is 2.39 bits per heavy atom. The second-order valence-electron chi connectivity index (χ2n) is 5.56. The summed E-state index contributed by atoms with van der Waals surface area (Å²) in [7, 11) is 0. The Morgan fingerprint density at radius 1 is 1.04 bits per heavy atom. The Labute approximate surface area is 141 Å². The number of aryl methyl sites for hydroxylation is 2. The smallest absolute Gasteiger partial charge is 0.230 e. The first-order valence-electron chi connectivity index (χ1n) is 7.78. The van der Waals surface area contributed by atoms with Crippen molar-refractivity contribution in [1.29, 1.82) is 0 Å². The average Bonchev–Trinajstić information content (AvgIpc) is 2.55.